The molecule has 3 amide bonds. The summed E-state index contributed by atoms with van der Waals surface area (Å²) in [5.41, 5.74) is 2.81. The van der Waals surface area contributed by atoms with Crippen LogP contribution in [0.5, 0.6) is 0 Å². The number of nitrogens with zero attached hydrogens (tertiary/aromatic N) is 1. The molecule has 4 N–H and O–H groups in total. The number of alkyl carbamates (subject to hydrolysis) is 1. The molecule has 1 aromatic carbocycles. The molecule has 1 heterocycles. The largest absolute Gasteiger partial charge is 0.449 e. The van der Waals surface area contributed by atoms with Gasteiger partial charge in [0.2, 0.25) is 5.91 Å². The number of aryl methyl sites for hydroxylation is 1. The Kier molecular flexibility index (Phi) is 11.1. The van der Waals surface area contributed by atoms with Crippen molar-refractivity contribution in [1.82, 2.24) is 20.9 Å². The van der Waals surface area contributed by atoms with Crippen LogP contribution < -0.4 is 16.0 Å². The Morgan fingerprint density at radius 3 is 2.37 bits per heavy atom. The third-order valence-electron chi connectivity index (χ3n) is 6.40. The van der Waals surface area contributed by atoms with Crippen molar-refractivity contribution in [3.63, 3.8) is 0 Å². The van der Waals surface area contributed by atoms with Crippen LogP contribution in [-0.4, -0.2) is 58.8 Å². The first kappa shape index (κ1) is 29.1. The number of rotatable bonds is 14. The molecule has 3 unspecified atom stereocenters. The fraction of sp³-hybridized carbons (Fsp3) is 0.517. The maximum Gasteiger partial charge on any atom is 0.407 e. The van der Waals surface area contributed by atoms with Crippen LogP contribution in [0.1, 0.15) is 56.9 Å². The van der Waals surface area contributed by atoms with Gasteiger partial charge in [-0.25, -0.2) is 4.79 Å². The number of carbonyl (C=O) groups is 3. The molecule has 2 aromatic rings. The van der Waals surface area contributed by atoms with Crippen molar-refractivity contribution in [3.8, 4) is 0 Å². The zero-order valence-electron chi connectivity index (χ0n) is 22.5. The Bertz CT molecular complexity index is 1040. The molecule has 1 aromatic heterocycles. The number of aliphatic hydroxyl groups is 1. The second-order valence-electron chi connectivity index (χ2n) is 10.3. The minimum absolute atomic E-state index is 0.0788. The number of nitrogens with one attached hydrogen (secondary N) is 3. The van der Waals surface area contributed by atoms with Crippen LogP contribution in [0.3, 0.4) is 0 Å². The lowest BCUT2D eigenvalue weighted by Gasteiger charge is -2.27. The summed E-state index contributed by atoms with van der Waals surface area (Å²) in [6, 6.07) is 11.6. The van der Waals surface area contributed by atoms with Crippen molar-refractivity contribution >= 4 is 17.9 Å². The van der Waals surface area contributed by atoms with Gasteiger partial charge < -0.3 is 25.8 Å². The standard InChI is InChI=1S/C29H40N4O5/c1-4-20-10-11-22(30-18-20)14-15-38-29(37)33-25(16-19(2)3)27(35)32-24(17-21-8-6-5-7-9-21)26(34)28(36)31-23-12-13-23/h5-11,18-19,23-26,34H,4,12-17H2,1-3H3,(H,31,36)(H,32,35)(H,33,37). The van der Waals surface area contributed by atoms with E-state index in [1.165, 1.54) is 0 Å². The number of amides is 3. The minimum Gasteiger partial charge on any atom is -0.449 e. The number of carbonyl (C=O) groups excluding carboxylic acids is 3. The van der Waals surface area contributed by atoms with Crippen LogP contribution in [0.15, 0.2) is 48.7 Å². The van der Waals surface area contributed by atoms with E-state index in [2.05, 4.69) is 27.9 Å². The Balaban J connectivity index is 1.60. The molecule has 0 aliphatic heterocycles. The van der Waals surface area contributed by atoms with Crippen molar-refractivity contribution in [2.45, 2.75) is 83.5 Å². The molecule has 38 heavy (non-hydrogen) atoms. The van der Waals surface area contributed by atoms with Crippen molar-refractivity contribution in [1.29, 1.82) is 0 Å². The molecule has 1 fully saturated rings. The monoisotopic (exact) mass is 524 g/mol. The van der Waals surface area contributed by atoms with Crippen LogP contribution in [-0.2, 0) is 33.6 Å². The maximum atomic E-state index is 13.3. The summed E-state index contributed by atoms with van der Waals surface area (Å²) in [6.07, 6.45) is 3.43. The molecule has 1 saturated carbocycles. The summed E-state index contributed by atoms with van der Waals surface area (Å²) in [4.78, 5) is 42.8. The van der Waals surface area contributed by atoms with E-state index in [-0.39, 0.29) is 25.0 Å². The van der Waals surface area contributed by atoms with Crippen LogP contribution in [0, 0.1) is 5.92 Å². The number of pyridine rings is 1. The van der Waals surface area contributed by atoms with Gasteiger partial charge in [0.1, 0.15) is 6.04 Å². The molecular weight excluding hydrogens is 484 g/mol. The topological polar surface area (TPSA) is 130 Å². The second kappa shape index (κ2) is 14.5. The number of hydrogen-bond donors (Lipinski definition) is 4. The van der Waals surface area contributed by atoms with Crippen molar-refractivity contribution in [2.24, 2.45) is 5.92 Å². The van der Waals surface area contributed by atoms with E-state index in [9.17, 15) is 19.5 Å². The molecule has 0 spiro atoms. The lowest BCUT2D eigenvalue weighted by molar-refractivity contribution is -0.132. The lowest BCUT2D eigenvalue weighted by Crippen LogP contribution is -2.56. The van der Waals surface area contributed by atoms with Crippen molar-refractivity contribution < 1.29 is 24.2 Å². The average molecular weight is 525 g/mol. The Labute approximate surface area is 224 Å². The molecule has 206 valence electrons. The highest BCUT2D eigenvalue weighted by Crippen LogP contribution is 2.19. The molecule has 3 rings (SSSR count). The van der Waals surface area contributed by atoms with Crippen molar-refractivity contribution in [2.75, 3.05) is 6.61 Å². The normalized spacial score (nSPS) is 15.3. The predicted molar refractivity (Wildman–Crippen MR) is 144 cm³/mol. The van der Waals surface area contributed by atoms with Gasteiger partial charge in [0, 0.05) is 24.4 Å². The van der Waals surface area contributed by atoms with E-state index >= 15 is 0 Å². The van der Waals surface area contributed by atoms with Crippen LogP contribution in [0.25, 0.3) is 0 Å². The van der Waals surface area contributed by atoms with Gasteiger partial charge in [-0.2, -0.15) is 0 Å². The predicted octanol–water partition coefficient (Wildman–Crippen LogP) is 2.69. The zero-order valence-corrected chi connectivity index (χ0v) is 22.5. The van der Waals surface area contributed by atoms with Crippen LogP contribution in [0.4, 0.5) is 4.79 Å². The van der Waals surface area contributed by atoms with E-state index in [1.54, 1.807) is 0 Å². The number of aromatic nitrogens is 1. The maximum absolute atomic E-state index is 13.3. The summed E-state index contributed by atoms with van der Waals surface area (Å²) in [6.45, 7) is 6.06. The van der Waals surface area contributed by atoms with E-state index in [0.717, 1.165) is 36.1 Å². The van der Waals surface area contributed by atoms with Gasteiger partial charge in [-0.05, 0) is 55.2 Å². The summed E-state index contributed by atoms with van der Waals surface area (Å²) in [7, 11) is 0. The highest BCUT2D eigenvalue weighted by atomic mass is 16.5. The van der Waals surface area contributed by atoms with E-state index in [1.807, 2.05) is 62.5 Å². The van der Waals surface area contributed by atoms with Crippen LogP contribution in [0.2, 0.25) is 0 Å². The molecule has 0 radical (unpaired) electrons. The summed E-state index contributed by atoms with van der Waals surface area (Å²) in [5, 5.41) is 19.1. The Morgan fingerprint density at radius 1 is 1.03 bits per heavy atom. The van der Waals surface area contributed by atoms with Gasteiger partial charge in [-0.15, -0.1) is 0 Å². The van der Waals surface area contributed by atoms with Gasteiger partial charge in [0.15, 0.2) is 6.10 Å². The zero-order chi connectivity index (χ0) is 27.5. The molecule has 0 saturated heterocycles. The Morgan fingerprint density at radius 2 is 1.76 bits per heavy atom. The SMILES string of the molecule is CCc1ccc(CCOC(=O)NC(CC(C)C)C(=O)NC(Cc2ccccc2)C(O)C(=O)NC2CC2)nc1. The van der Waals surface area contributed by atoms with Gasteiger partial charge in [-0.1, -0.05) is 57.2 Å². The molecule has 9 nitrogen and oxygen atoms in total. The number of ether oxygens (including phenoxy) is 1. The summed E-state index contributed by atoms with van der Waals surface area (Å²) in [5.74, 6) is -0.892. The van der Waals surface area contributed by atoms with Crippen LogP contribution >= 0.6 is 0 Å². The summed E-state index contributed by atoms with van der Waals surface area (Å²) >= 11 is 0. The fourth-order valence-corrected chi connectivity index (χ4v) is 4.04. The third-order valence-corrected chi connectivity index (χ3v) is 6.40. The molecule has 1 aliphatic carbocycles. The highest BCUT2D eigenvalue weighted by Gasteiger charge is 2.34. The quantitative estimate of drug-likeness (QED) is 0.301. The first-order chi connectivity index (χ1) is 18.2. The number of benzene rings is 1. The summed E-state index contributed by atoms with van der Waals surface area (Å²) < 4.78 is 5.32. The van der Waals surface area contributed by atoms with Crippen molar-refractivity contribution in [3.05, 3.63) is 65.5 Å². The second-order valence-corrected chi connectivity index (χ2v) is 10.3. The molecule has 9 heteroatoms. The molecule has 3 atom stereocenters. The van der Waals surface area contributed by atoms with E-state index in [0.29, 0.717) is 12.8 Å². The number of aliphatic hydroxyl groups excluding tert-OH is 1. The third kappa shape index (κ3) is 9.78. The first-order valence-electron chi connectivity index (χ1n) is 13.4. The smallest absolute Gasteiger partial charge is 0.407 e. The minimum atomic E-state index is -1.43. The van der Waals surface area contributed by atoms with Gasteiger partial charge in [0.05, 0.1) is 12.6 Å². The molecular formula is C29H40N4O5. The van der Waals surface area contributed by atoms with Gasteiger partial charge >= 0.3 is 6.09 Å². The van der Waals surface area contributed by atoms with E-state index < -0.39 is 36.1 Å². The molecule has 0 bridgehead atoms. The molecule has 1 aliphatic rings. The van der Waals surface area contributed by atoms with Gasteiger partial charge in [0.25, 0.3) is 5.91 Å². The van der Waals surface area contributed by atoms with Gasteiger partial charge in [-0.3, -0.25) is 14.6 Å². The highest BCUT2D eigenvalue weighted by molar-refractivity contribution is 5.87. The Hall–Kier alpha value is -3.46. The fourth-order valence-electron chi connectivity index (χ4n) is 4.04. The lowest BCUT2D eigenvalue weighted by atomic mass is 9.98. The first-order valence-corrected chi connectivity index (χ1v) is 13.4. The average Bonchev–Trinajstić information content (AvgIpc) is 3.72. The number of hydrogen-bond acceptors (Lipinski definition) is 6. The van der Waals surface area contributed by atoms with E-state index in [4.69, 9.17) is 4.74 Å².